The lowest BCUT2D eigenvalue weighted by molar-refractivity contribution is 0.340. The first kappa shape index (κ1) is 17.6. The van der Waals surface area contributed by atoms with Crippen molar-refractivity contribution >= 4 is 17.5 Å². The van der Waals surface area contributed by atoms with Gasteiger partial charge in [-0.2, -0.15) is 11.8 Å². The van der Waals surface area contributed by atoms with Crippen LogP contribution >= 0.6 is 11.8 Å². The fourth-order valence-electron chi connectivity index (χ4n) is 2.88. The molecule has 3 rings (SSSR count). The second kappa shape index (κ2) is 7.78. The molecule has 0 bridgehead atoms. The maximum atomic E-state index is 12.2. The maximum Gasteiger partial charge on any atom is 0.348 e. The molecule has 0 fully saturated rings. The summed E-state index contributed by atoms with van der Waals surface area (Å²) in [6.07, 6.45) is 0.569. The molecule has 1 atom stereocenters. The molecule has 1 aliphatic heterocycles. The van der Waals surface area contributed by atoms with Crippen molar-refractivity contribution in [2.75, 3.05) is 18.9 Å². The number of hydrogen-bond donors (Lipinski definition) is 1. The van der Waals surface area contributed by atoms with Crippen LogP contribution in [0.5, 0.6) is 11.5 Å². The van der Waals surface area contributed by atoms with Crippen LogP contribution in [-0.4, -0.2) is 29.7 Å². The lowest BCUT2D eigenvalue weighted by Crippen LogP contribution is -2.17. The minimum Gasteiger partial charge on any atom is -0.507 e. The average Bonchev–Trinajstić information content (AvgIpc) is 2.81. The lowest BCUT2D eigenvalue weighted by atomic mass is 10.0. The van der Waals surface area contributed by atoms with Crippen LogP contribution in [-0.2, 0) is 0 Å². The van der Waals surface area contributed by atoms with E-state index >= 15 is 0 Å². The SMILES string of the molecule is CCOc1ccc(C2CC(c3c(O)cc(C)oc3=O)=NCCS2)cc1. The predicted octanol–water partition coefficient (Wildman–Crippen LogP) is 3.72. The number of ether oxygens (including phenoxy) is 1. The Morgan fingerprint density at radius 3 is 2.80 bits per heavy atom. The van der Waals surface area contributed by atoms with E-state index in [4.69, 9.17) is 9.15 Å². The summed E-state index contributed by atoms with van der Waals surface area (Å²) in [5.74, 6) is 2.03. The third-order valence-electron chi connectivity index (χ3n) is 4.00. The molecule has 1 aliphatic rings. The van der Waals surface area contributed by atoms with Crippen LogP contribution in [0.2, 0.25) is 0 Å². The molecule has 132 valence electrons. The van der Waals surface area contributed by atoms with Gasteiger partial charge in [-0.3, -0.25) is 4.99 Å². The number of thioether (sulfide) groups is 1. The molecule has 0 spiro atoms. The first-order valence-corrected chi connectivity index (χ1v) is 9.35. The zero-order chi connectivity index (χ0) is 17.8. The Bertz CT molecular complexity index is 826. The summed E-state index contributed by atoms with van der Waals surface area (Å²) in [6, 6.07) is 9.47. The Morgan fingerprint density at radius 1 is 1.36 bits per heavy atom. The molecular weight excluding hydrogens is 338 g/mol. The number of nitrogens with zero attached hydrogens (tertiary/aromatic N) is 1. The highest BCUT2D eigenvalue weighted by atomic mass is 32.2. The Balaban J connectivity index is 1.88. The molecule has 0 aliphatic carbocycles. The first-order valence-electron chi connectivity index (χ1n) is 8.30. The highest BCUT2D eigenvalue weighted by molar-refractivity contribution is 7.99. The Kier molecular flexibility index (Phi) is 5.48. The topological polar surface area (TPSA) is 72.0 Å². The fraction of sp³-hybridized carbons (Fsp3) is 0.368. The van der Waals surface area contributed by atoms with Gasteiger partial charge < -0.3 is 14.3 Å². The average molecular weight is 359 g/mol. The standard InChI is InChI=1S/C19H21NO4S/c1-3-23-14-6-4-13(5-7-14)17-11-15(20-8-9-25-17)18-16(21)10-12(2)24-19(18)22/h4-7,10,17,21H,3,8-9,11H2,1-2H3. The van der Waals surface area contributed by atoms with E-state index in [9.17, 15) is 9.90 Å². The van der Waals surface area contributed by atoms with Gasteiger partial charge >= 0.3 is 5.63 Å². The highest BCUT2D eigenvalue weighted by Crippen LogP contribution is 2.36. The molecule has 25 heavy (non-hydrogen) atoms. The third-order valence-corrected chi connectivity index (χ3v) is 5.26. The summed E-state index contributed by atoms with van der Waals surface area (Å²) in [4.78, 5) is 16.7. The smallest absolute Gasteiger partial charge is 0.348 e. The molecule has 1 aromatic heterocycles. The summed E-state index contributed by atoms with van der Waals surface area (Å²) in [5, 5.41) is 10.4. The minimum atomic E-state index is -0.534. The number of rotatable bonds is 4. The van der Waals surface area contributed by atoms with E-state index < -0.39 is 5.63 Å². The van der Waals surface area contributed by atoms with Crippen LogP contribution in [0.1, 0.15) is 35.5 Å². The van der Waals surface area contributed by atoms with Gasteiger partial charge in [-0.05, 0) is 31.5 Å². The summed E-state index contributed by atoms with van der Waals surface area (Å²) >= 11 is 1.80. The van der Waals surface area contributed by atoms with Gasteiger partial charge in [-0.25, -0.2) is 4.79 Å². The van der Waals surface area contributed by atoms with Gasteiger partial charge in [0.25, 0.3) is 0 Å². The van der Waals surface area contributed by atoms with Gasteiger partial charge in [0.15, 0.2) is 0 Å². The molecular formula is C19H21NO4S. The minimum absolute atomic E-state index is 0.0650. The van der Waals surface area contributed by atoms with Crippen LogP contribution < -0.4 is 10.4 Å². The van der Waals surface area contributed by atoms with E-state index in [1.54, 1.807) is 18.7 Å². The van der Waals surface area contributed by atoms with Crippen LogP contribution in [0, 0.1) is 6.92 Å². The zero-order valence-corrected chi connectivity index (χ0v) is 15.1. The summed E-state index contributed by atoms with van der Waals surface area (Å²) in [7, 11) is 0. The van der Waals surface area contributed by atoms with Crippen molar-refractivity contribution in [2.24, 2.45) is 4.99 Å². The molecule has 0 saturated carbocycles. The van der Waals surface area contributed by atoms with E-state index in [-0.39, 0.29) is 16.6 Å². The number of aryl methyl sites for hydroxylation is 1. The highest BCUT2D eigenvalue weighted by Gasteiger charge is 2.23. The van der Waals surface area contributed by atoms with Gasteiger partial charge in [-0.15, -0.1) is 0 Å². The maximum absolute atomic E-state index is 12.2. The molecule has 1 unspecified atom stereocenters. The quantitative estimate of drug-likeness (QED) is 0.901. The van der Waals surface area contributed by atoms with E-state index in [1.165, 1.54) is 6.07 Å². The number of hydrogen-bond acceptors (Lipinski definition) is 6. The zero-order valence-electron chi connectivity index (χ0n) is 14.3. The number of benzene rings is 1. The van der Waals surface area contributed by atoms with Crippen molar-refractivity contribution < 1.29 is 14.3 Å². The van der Waals surface area contributed by atoms with Crippen molar-refractivity contribution in [3.63, 3.8) is 0 Å². The monoisotopic (exact) mass is 359 g/mol. The van der Waals surface area contributed by atoms with Crippen molar-refractivity contribution in [1.82, 2.24) is 0 Å². The van der Waals surface area contributed by atoms with Crippen molar-refractivity contribution in [3.8, 4) is 11.5 Å². The number of aromatic hydroxyl groups is 1. The van der Waals surface area contributed by atoms with Crippen LogP contribution in [0.15, 0.2) is 44.5 Å². The summed E-state index contributed by atoms with van der Waals surface area (Å²) in [5.41, 5.74) is 1.41. The number of aliphatic imine (C=N–C) groups is 1. The van der Waals surface area contributed by atoms with Gasteiger partial charge in [0.1, 0.15) is 22.8 Å². The summed E-state index contributed by atoms with van der Waals surface area (Å²) in [6.45, 7) is 4.84. The Hall–Kier alpha value is -2.21. The van der Waals surface area contributed by atoms with Crippen LogP contribution in [0.25, 0.3) is 0 Å². The predicted molar refractivity (Wildman–Crippen MR) is 100 cm³/mol. The molecule has 0 saturated heterocycles. The lowest BCUT2D eigenvalue weighted by Gasteiger charge is -2.16. The van der Waals surface area contributed by atoms with Gasteiger partial charge in [0, 0.05) is 30.0 Å². The molecule has 6 heteroatoms. The van der Waals surface area contributed by atoms with Crippen molar-refractivity contribution in [2.45, 2.75) is 25.5 Å². The largest absolute Gasteiger partial charge is 0.507 e. The summed E-state index contributed by atoms with van der Waals surface area (Å²) < 4.78 is 10.6. The Labute approximate surface area is 150 Å². The Morgan fingerprint density at radius 2 is 2.12 bits per heavy atom. The van der Waals surface area contributed by atoms with Crippen molar-refractivity contribution in [1.29, 1.82) is 0 Å². The van der Waals surface area contributed by atoms with Gasteiger partial charge in [0.2, 0.25) is 0 Å². The first-order chi connectivity index (χ1) is 12.1. The molecule has 5 nitrogen and oxygen atoms in total. The fourth-order valence-corrected chi connectivity index (χ4v) is 3.98. The van der Waals surface area contributed by atoms with E-state index in [0.717, 1.165) is 17.1 Å². The van der Waals surface area contributed by atoms with Gasteiger partial charge in [-0.1, -0.05) is 12.1 Å². The van der Waals surface area contributed by atoms with E-state index in [0.29, 0.717) is 31.0 Å². The van der Waals surface area contributed by atoms with Gasteiger partial charge in [0.05, 0.1) is 12.3 Å². The van der Waals surface area contributed by atoms with E-state index in [1.807, 2.05) is 31.2 Å². The molecule has 2 heterocycles. The second-order valence-electron chi connectivity index (χ2n) is 5.80. The molecule has 0 amide bonds. The third kappa shape index (κ3) is 4.07. The molecule has 2 aromatic rings. The normalized spacial score (nSPS) is 17.7. The molecule has 1 N–H and O–H groups in total. The van der Waals surface area contributed by atoms with E-state index in [2.05, 4.69) is 4.99 Å². The molecule has 0 radical (unpaired) electrons. The van der Waals surface area contributed by atoms with Crippen LogP contribution in [0.3, 0.4) is 0 Å². The van der Waals surface area contributed by atoms with Crippen LogP contribution in [0.4, 0.5) is 0 Å². The second-order valence-corrected chi connectivity index (χ2v) is 7.11. The molecule has 1 aromatic carbocycles. The van der Waals surface area contributed by atoms with Crippen molar-refractivity contribution in [3.05, 3.63) is 57.6 Å².